The molecule has 1 aromatic carbocycles. The van der Waals surface area contributed by atoms with Gasteiger partial charge in [0.2, 0.25) is 5.96 Å². The zero-order valence-electron chi connectivity index (χ0n) is 18.9. The van der Waals surface area contributed by atoms with Gasteiger partial charge in [0.15, 0.2) is 16.0 Å². The van der Waals surface area contributed by atoms with Crippen molar-refractivity contribution in [2.24, 2.45) is 16.3 Å². The maximum Gasteiger partial charge on any atom is 0.209 e. The molecule has 32 heavy (non-hydrogen) atoms. The average molecular weight is 454 g/mol. The monoisotopic (exact) mass is 453 g/mol. The lowest BCUT2D eigenvalue weighted by Crippen LogP contribution is -2.33. The fraction of sp³-hybridized carbons (Fsp3) is 0.458. The Bertz CT molecular complexity index is 1070. The van der Waals surface area contributed by atoms with E-state index in [0.29, 0.717) is 23.3 Å². The van der Waals surface area contributed by atoms with Crippen LogP contribution in [0, 0.1) is 22.8 Å². The van der Waals surface area contributed by atoms with Crippen LogP contribution in [0.15, 0.2) is 58.7 Å². The van der Waals surface area contributed by atoms with E-state index in [1.54, 1.807) is 48.8 Å². The summed E-state index contributed by atoms with van der Waals surface area (Å²) in [6.45, 7) is 6.89. The van der Waals surface area contributed by atoms with Crippen molar-refractivity contribution < 1.29 is 8.42 Å². The lowest BCUT2D eigenvalue weighted by molar-refractivity contribution is 0.181. The molecule has 0 bridgehead atoms. The number of aliphatic imine (C=N–C) groups is 1. The normalized spacial score (nSPS) is 19.8. The molecule has 2 atom stereocenters. The number of nitriles is 1. The molecule has 3 rings (SSSR count). The summed E-state index contributed by atoms with van der Waals surface area (Å²) in [7, 11) is -3.36. The van der Waals surface area contributed by atoms with Gasteiger partial charge in [0.05, 0.1) is 16.7 Å². The SMILES string of the molecule is CC(C)(C)C1CCCC(S(=O)(=O)c2ccc(CN=C(NC#N)Nc3ccncc3)cc2)C1. The molecule has 0 saturated heterocycles. The molecule has 1 aliphatic rings. The second kappa shape index (κ2) is 10.1. The first-order chi connectivity index (χ1) is 15.2. The lowest BCUT2D eigenvalue weighted by Gasteiger charge is -2.37. The van der Waals surface area contributed by atoms with Crippen LogP contribution in [0.4, 0.5) is 5.69 Å². The van der Waals surface area contributed by atoms with E-state index in [2.05, 4.69) is 41.4 Å². The largest absolute Gasteiger partial charge is 0.325 e. The quantitative estimate of drug-likeness (QED) is 0.299. The molecular formula is C24H31N5O2S. The van der Waals surface area contributed by atoms with Gasteiger partial charge in [0, 0.05) is 18.1 Å². The van der Waals surface area contributed by atoms with Crippen molar-refractivity contribution >= 4 is 21.5 Å². The van der Waals surface area contributed by atoms with Gasteiger partial charge >= 0.3 is 0 Å². The van der Waals surface area contributed by atoms with E-state index < -0.39 is 9.84 Å². The molecule has 170 valence electrons. The number of rotatable bonds is 5. The van der Waals surface area contributed by atoms with Gasteiger partial charge in [0.1, 0.15) is 0 Å². The van der Waals surface area contributed by atoms with Gasteiger partial charge in [-0.3, -0.25) is 10.3 Å². The first kappa shape index (κ1) is 23.7. The molecule has 1 saturated carbocycles. The van der Waals surface area contributed by atoms with Crippen LogP contribution in [0.2, 0.25) is 0 Å². The second-order valence-electron chi connectivity index (χ2n) is 9.30. The standard InChI is InChI=1S/C24H31N5O2S/c1-24(2,3)19-5-4-6-22(15-19)32(30,31)21-9-7-18(8-10-21)16-27-23(28-17-25)29-20-11-13-26-14-12-20/h7-14,19,22H,4-6,15-16H2,1-3H3,(H2,26,27,28,29). The van der Waals surface area contributed by atoms with Gasteiger partial charge in [-0.15, -0.1) is 0 Å². The van der Waals surface area contributed by atoms with Gasteiger partial charge < -0.3 is 5.32 Å². The smallest absolute Gasteiger partial charge is 0.209 e. The van der Waals surface area contributed by atoms with Crippen LogP contribution >= 0.6 is 0 Å². The highest BCUT2D eigenvalue weighted by atomic mass is 32.2. The first-order valence-corrected chi connectivity index (χ1v) is 12.4. The van der Waals surface area contributed by atoms with E-state index in [0.717, 1.165) is 36.9 Å². The highest BCUT2D eigenvalue weighted by Crippen LogP contribution is 2.41. The molecule has 1 heterocycles. The topological polar surface area (TPSA) is 107 Å². The summed E-state index contributed by atoms with van der Waals surface area (Å²) in [5, 5.41) is 14.2. The maximum absolute atomic E-state index is 13.2. The van der Waals surface area contributed by atoms with Crippen LogP contribution in [-0.2, 0) is 16.4 Å². The Morgan fingerprint density at radius 3 is 2.47 bits per heavy atom. The van der Waals surface area contributed by atoms with Crippen molar-refractivity contribution in [3.8, 4) is 6.19 Å². The van der Waals surface area contributed by atoms with Crippen molar-refractivity contribution in [1.29, 1.82) is 5.26 Å². The lowest BCUT2D eigenvalue weighted by atomic mass is 9.72. The second-order valence-corrected chi connectivity index (χ2v) is 11.5. The van der Waals surface area contributed by atoms with E-state index >= 15 is 0 Å². The first-order valence-electron chi connectivity index (χ1n) is 10.9. The van der Waals surface area contributed by atoms with Crippen LogP contribution in [0.1, 0.15) is 52.0 Å². The van der Waals surface area contributed by atoms with Gasteiger partial charge in [-0.2, -0.15) is 5.26 Å². The average Bonchev–Trinajstić information content (AvgIpc) is 2.78. The molecule has 2 aromatic rings. The summed E-state index contributed by atoms with van der Waals surface area (Å²) < 4.78 is 26.5. The molecule has 0 radical (unpaired) electrons. The number of hydrogen-bond donors (Lipinski definition) is 2. The van der Waals surface area contributed by atoms with Crippen molar-refractivity contribution in [3.05, 3.63) is 54.4 Å². The van der Waals surface area contributed by atoms with Crippen molar-refractivity contribution in [2.75, 3.05) is 5.32 Å². The van der Waals surface area contributed by atoms with E-state index in [9.17, 15) is 8.42 Å². The van der Waals surface area contributed by atoms with E-state index in [1.165, 1.54) is 0 Å². The number of nitrogens with one attached hydrogen (secondary N) is 2. The van der Waals surface area contributed by atoms with Gasteiger partial charge in [-0.25, -0.2) is 13.4 Å². The number of benzene rings is 1. The molecule has 2 unspecified atom stereocenters. The predicted molar refractivity (Wildman–Crippen MR) is 127 cm³/mol. The molecule has 7 nitrogen and oxygen atoms in total. The third-order valence-corrected chi connectivity index (χ3v) is 8.31. The van der Waals surface area contributed by atoms with Gasteiger partial charge in [0.25, 0.3) is 0 Å². The minimum absolute atomic E-state index is 0.121. The molecule has 0 aliphatic heterocycles. The van der Waals surface area contributed by atoms with Crippen LogP contribution in [0.5, 0.6) is 0 Å². The summed E-state index contributed by atoms with van der Waals surface area (Å²) in [5.41, 5.74) is 1.73. The highest BCUT2D eigenvalue weighted by Gasteiger charge is 2.37. The highest BCUT2D eigenvalue weighted by molar-refractivity contribution is 7.92. The van der Waals surface area contributed by atoms with E-state index in [1.807, 2.05) is 6.19 Å². The Morgan fingerprint density at radius 2 is 1.84 bits per heavy atom. The predicted octanol–water partition coefficient (Wildman–Crippen LogP) is 4.50. The third kappa shape index (κ3) is 6.07. The van der Waals surface area contributed by atoms with Crippen LogP contribution in [0.25, 0.3) is 0 Å². The Labute approximate surface area is 190 Å². The zero-order chi connectivity index (χ0) is 23.2. The number of anilines is 1. The Hall–Kier alpha value is -2.92. The van der Waals surface area contributed by atoms with Gasteiger partial charge in [-0.05, 0) is 60.4 Å². The number of hydrogen-bond acceptors (Lipinski definition) is 5. The van der Waals surface area contributed by atoms with Crippen molar-refractivity contribution in [3.63, 3.8) is 0 Å². The summed E-state index contributed by atoms with van der Waals surface area (Å²) in [6.07, 6.45) is 8.65. The molecule has 1 aliphatic carbocycles. The summed E-state index contributed by atoms with van der Waals surface area (Å²) in [6, 6.07) is 10.5. The number of aromatic nitrogens is 1. The van der Waals surface area contributed by atoms with Crippen molar-refractivity contribution in [2.45, 2.75) is 63.1 Å². The minimum Gasteiger partial charge on any atom is -0.325 e. The van der Waals surface area contributed by atoms with Crippen LogP contribution in [-0.4, -0.2) is 24.6 Å². The number of guanidine groups is 1. The fourth-order valence-corrected chi connectivity index (χ4v) is 5.96. The number of nitrogens with zero attached hydrogens (tertiary/aromatic N) is 3. The number of pyridine rings is 1. The molecule has 2 N–H and O–H groups in total. The summed E-state index contributed by atoms with van der Waals surface area (Å²) in [5.74, 6) is 0.731. The molecule has 8 heteroatoms. The number of sulfone groups is 1. The molecule has 0 amide bonds. The van der Waals surface area contributed by atoms with Gasteiger partial charge in [-0.1, -0.05) is 39.3 Å². The molecule has 1 fully saturated rings. The fourth-order valence-electron chi connectivity index (χ4n) is 4.10. The molecule has 0 spiro atoms. The molecular weight excluding hydrogens is 422 g/mol. The molecule has 1 aromatic heterocycles. The zero-order valence-corrected chi connectivity index (χ0v) is 19.7. The Kier molecular flexibility index (Phi) is 7.52. The van der Waals surface area contributed by atoms with Crippen molar-refractivity contribution in [1.82, 2.24) is 10.3 Å². The third-order valence-electron chi connectivity index (χ3n) is 6.08. The minimum atomic E-state index is -3.36. The van der Waals surface area contributed by atoms with Crippen LogP contribution < -0.4 is 10.6 Å². The Morgan fingerprint density at radius 1 is 1.16 bits per heavy atom. The van der Waals surface area contributed by atoms with E-state index in [4.69, 9.17) is 5.26 Å². The maximum atomic E-state index is 13.2. The summed E-state index contributed by atoms with van der Waals surface area (Å²) >= 11 is 0. The van der Waals surface area contributed by atoms with Crippen LogP contribution in [0.3, 0.4) is 0 Å². The summed E-state index contributed by atoms with van der Waals surface area (Å²) in [4.78, 5) is 8.73. The Balaban J connectivity index is 1.69. The van der Waals surface area contributed by atoms with E-state index in [-0.39, 0.29) is 10.7 Å².